The van der Waals surface area contributed by atoms with Gasteiger partial charge in [-0.05, 0) is 20.8 Å². The monoisotopic (exact) mass is 141 g/mol. The summed E-state index contributed by atoms with van der Waals surface area (Å²) in [5.74, 6) is 0. The lowest BCUT2D eigenvalue weighted by Gasteiger charge is -2.17. The molecule has 0 bridgehead atoms. The SMILES string of the molecule is C.CC(C)(C)n1cncn1. The molecule has 0 radical (unpaired) electrons. The van der Waals surface area contributed by atoms with Gasteiger partial charge in [0.1, 0.15) is 12.7 Å². The van der Waals surface area contributed by atoms with E-state index in [4.69, 9.17) is 0 Å². The Hall–Kier alpha value is -0.860. The normalized spacial score (nSPS) is 10.7. The van der Waals surface area contributed by atoms with Crippen LogP contribution in [0, 0.1) is 0 Å². The van der Waals surface area contributed by atoms with E-state index in [2.05, 4.69) is 30.9 Å². The number of hydrogen-bond acceptors (Lipinski definition) is 2. The van der Waals surface area contributed by atoms with Gasteiger partial charge in [-0.1, -0.05) is 7.43 Å². The Bertz CT molecular complexity index is 171. The van der Waals surface area contributed by atoms with Gasteiger partial charge in [0.05, 0.1) is 5.54 Å². The van der Waals surface area contributed by atoms with Crippen molar-refractivity contribution in [2.24, 2.45) is 0 Å². The van der Waals surface area contributed by atoms with Gasteiger partial charge in [-0.15, -0.1) is 0 Å². The summed E-state index contributed by atoms with van der Waals surface area (Å²) in [7, 11) is 0. The molecule has 0 aromatic carbocycles. The largest absolute Gasteiger partial charge is 0.248 e. The van der Waals surface area contributed by atoms with Crippen LogP contribution in [0.2, 0.25) is 0 Å². The summed E-state index contributed by atoms with van der Waals surface area (Å²) in [5, 5.41) is 3.99. The molecule has 0 saturated heterocycles. The van der Waals surface area contributed by atoms with Crippen molar-refractivity contribution < 1.29 is 0 Å². The fourth-order valence-corrected chi connectivity index (χ4v) is 0.555. The van der Waals surface area contributed by atoms with E-state index in [-0.39, 0.29) is 13.0 Å². The van der Waals surface area contributed by atoms with Crippen LogP contribution in [0.3, 0.4) is 0 Å². The van der Waals surface area contributed by atoms with Crippen LogP contribution in [-0.4, -0.2) is 14.8 Å². The van der Waals surface area contributed by atoms with Crippen molar-refractivity contribution in [2.75, 3.05) is 0 Å². The van der Waals surface area contributed by atoms with Crippen molar-refractivity contribution in [1.82, 2.24) is 14.8 Å². The lowest BCUT2D eigenvalue weighted by molar-refractivity contribution is 0.354. The highest BCUT2D eigenvalue weighted by Crippen LogP contribution is 2.08. The second-order valence-corrected chi connectivity index (χ2v) is 3.01. The second-order valence-electron chi connectivity index (χ2n) is 3.01. The van der Waals surface area contributed by atoms with Crippen LogP contribution in [0.1, 0.15) is 28.2 Å². The number of nitrogens with zero attached hydrogens (tertiary/aromatic N) is 3. The molecule has 1 heterocycles. The van der Waals surface area contributed by atoms with Crippen molar-refractivity contribution in [1.29, 1.82) is 0 Å². The fraction of sp³-hybridized carbons (Fsp3) is 0.714. The molecule has 1 rings (SSSR count). The van der Waals surface area contributed by atoms with Gasteiger partial charge in [-0.25, -0.2) is 9.67 Å². The highest BCUT2D eigenvalue weighted by atomic mass is 15.3. The Kier molecular flexibility index (Phi) is 2.57. The summed E-state index contributed by atoms with van der Waals surface area (Å²) in [6.07, 6.45) is 3.27. The lowest BCUT2D eigenvalue weighted by Crippen LogP contribution is -2.21. The topological polar surface area (TPSA) is 30.7 Å². The summed E-state index contributed by atoms with van der Waals surface area (Å²) in [6.45, 7) is 6.26. The van der Waals surface area contributed by atoms with Crippen LogP contribution in [0.4, 0.5) is 0 Å². The first-order chi connectivity index (χ1) is 4.11. The Labute approximate surface area is 62.1 Å². The average Bonchev–Trinajstić information content (AvgIpc) is 2.08. The highest BCUT2D eigenvalue weighted by molar-refractivity contribution is 4.70. The predicted octanol–water partition coefficient (Wildman–Crippen LogP) is 1.67. The van der Waals surface area contributed by atoms with Gasteiger partial charge < -0.3 is 0 Å². The van der Waals surface area contributed by atoms with E-state index in [0.717, 1.165) is 0 Å². The molecule has 1 aromatic rings. The third-order valence-corrected chi connectivity index (χ3v) is 1.11. The third kappa shape index (κ3) is 1.83. The number of hydrogen-bond donors (Lipinski definition) is 0. The van der Waals surface area contributed by atoms with Crippen molar-refractivity contribution >= 4 is 0 Å². The van der Waals surface area contributed by atoms with Crippen LogP contribution in [0.25, 0.3) is 0 Å². The molecule has 0 atom stereocenters. The molecule has 0 N–H and O–H groups in total. The average molecular weight is 141 g/mol. The molecule has 3 nitrogen and oxygen atoms in total. The quantitative estimate of drug-likeness (QED) is 0.550. The summed E-state index contributed by atoms with van der Waals surface area (Å²) < 4.78 is 1.83. The zero-order valence-electron chi connectivity index (χ0n) is 6.00. The van der Waals surface area contributed by atoms with Crippen LogP contribution in [0.15, 0.2) is 12.7 Å². The molecule has 0 amide bonds. The van der Waals surface area contributed by atoms with Crippen molar-refractivity contribution in [3.05, 3.63) is 12.7 Å². The Balaban J connectivity index is 0.000000810. The van der Waals surface area contributed by atoms with Crippen LogP contribution in [0.5, 0.6) is 0 Å². The Morgan fingerprint density at radius 2 is 1.90 bits per heavy atom. The first-order valence-corrected chi connectivity index (χ1v) is 2.96. The minimum Gasteiger partial charge on any atom is -0.248 e. The van der Waals surface area contributed by atoms with Crippen molar-refractivity contribution in [2.45, 2.75) is 33.7 Å². The Morgan fingerprint density at radius 1 is 1.30 bits per heavy atom. The minimum atomic E-state index is 0. The molecular weight excluding hydrogens is 126 g/mol. The highest BCUT2D eigenvalue weighted by Gasteiger charge is 2.11. The maximum absolute atomic E-state index is 3.99. The maximum atomic E-state index is 3.99. The van der Waals surface area contributed by atoms with Gasteiger partial charge >= 0.3 is 0 Å². The lowest BCUT2D eigenvalue weighted by atomic mass is 10.1. The zero-order chi connectivity index (χ0) is 6.91. The maximum Gasteiger partial charge on any atom is 0.137 e. The molecule has 0 aliphatic carbocycles. The third-order valence-electron chi connectivity index (χ3n) is 1.11. The molecule has 1 aromatic heterocycles. The molecule has 58 valence electrons. The van der Waals surface area contributed by atoms with Crippen LogP contribution < -0.4 is 0 Å². The van der Waals surface area contributed by atoms with E-state index in [1.807, 2.05) is 4.68 Å². The van der Waals surface area contributed by atoms with Gasteiger partial charge in [-0.2, -0.15) is 5.10 Å². The number of aromatic nitrogens is 3. The van der Waals surface area contributed by atoms with Gasteiger partial charge in [0, 0.05) is 0 Å². The first kappa shape index (κ1) is 9.14. The predicted molar refractivity (Wildman–Crippen MR) is 41.7 cm³/mol. The molecule has 0 unspecified atom stereocenters. The first-order valence-electron chi connectivity index (χ1n) is 2.96. The van der Waals surface area contributed by atoms with E-state index in [1.54, 1.807) is 12.7 Å². The molecule has 3 heteroatoms. The van der Waals surface area contributed by atoms with Gasteiger partial charge in [0.15, 0.2) is 0 Å². The summed E-state index contributed by atoms with van der Waals surface area (Å²) in [6, 6.07) is 0. The van der Waals surface area contributed by atoms with E-state index < -0.39 is 0 Å². The molecule has 0 saturated carbocycles. The standard InChI is InChI=1S/C6H11N3.CH4/c1-6(2,3)9-5-7-4-8-9;/h4-5H,1-3H3;1H4. The van der Waals surface area contributed by atoms with E-state index in [0.29, 0.717) is 0 Å². The second kappa shape index (κ2) is 2.82. The van der Waals surface area contributed by atoms with Crippen LogP contribution in [-0.2, 0) is 5.54 Å². The molecule has 10 heavy (non-hydrogen) atoms. The molecular formula is C7H15N3. The van der Waals surface area contributed by atoms with E-state index >= 15 is 0 Å². The van der Waals surface area contributed by atoms with Crippen LogP contribution >= 0.6 is 0 Å². The zero-order valence-corrected chi connectivity index (χ0v) is 6.00. The Morgan fingerprint density at radius 3 is 2.10 bits per heavy atom. The van der Waals surface area contributed by atoms with E-state index in [9.17, 15) is 0 Å². The van der Waals surface area contributed by atoms with E-state index in [1.165, 1.54) is 0 Å². The van der Waals surface area contributed by atoms with Crippen molar-refractivity contribution in [3.63, 3.8) is 0 Å². The smallest absolute Gasteiger partial charge is 0.137 e. The van der Waals surface area contributed by atoms with Crippen molar-refractivity contribution in [3.8, 4) is 0 Å². The molecule has 0 aliphatic heterocycles. The fourth-order valence-electron chi connectivity index (χ4n) is 0.555. The summed E-state index contributed by atoms with van der Waals surface area (Å²) in [4.78, 5) is 3.84. The molecule has 0 spiro atoms. The van der Waals surface area contributed by atoms with Gasteiger partial charge in [-0.3, -0.25) is 0 Å². The summed E-state index contributed by atoms with van der Waals surface area (Å²) in [5.41, 5.74) is 0.0660. The molecule has 0 fully saturated rings. The molecule has 0 aliphatic rings. The van der Waals surface area contributed by atoms with Gasteiger partial charge in [0.2, 0.25) is 0 Å². The van der Waals surface area contributed by atoms with Gasteiger partial charge in [0.25, 0.3) is 0 Å². The summed E-state index contributed by atoms with van der Waals surface area (Å²) >= 11 is 0. The minimum absolute atomic E-state index is 0. The number of rotatable bonds is 0.